The van der Waals surface area contributed by atoms with Crippen molar-refractivity contribution < 1.29 is 14.3 Å². The lowest BCUT2D eigenvalue weighted by atomic mass is 9.85. The molecule has 1 unspecified atom stereocenters. The summed E-state index contributed by atoms with van der Waals surface area (Å²) in [6.07, 6.45) is 7.33. The third kappa shape index (κ3) is 4.71. The first-order valence-electron chi connectivity index (χ1n) is 9.89. The van der Waals surface area contributed by atoms with Gasteiger partial charge in [0.25, 0.3) is 0 Å². The lowest BCUT2D eigenvalue weighted by Crippen LogP contribution is -2.16. The fourth-order valence-electron chi connectivity index (χ4n) is 3.51. The zero-order valence-electron chi connectivity index (χ0n) is 16.7. The largest absolute Gasteiger partial charge is 0.462 e. The van der Waals surface area contributed by atoms with Gasteiger partial charge in [0.05, 0.1) is 12.2 Å². The molecule has 148 valence electrons. The molecule has 5 heteroatoms. The van der Waals surface area contributed by atoms with Crippen LogP contribution in [0.5, 0.6) is 0 Å². The van der Waals surface area contributed by atoms with Crippen molar-refractivity contribution in [3.05, 3.63) is 57.5 Å². The van der Waals surface area contributed by atoms with E-state index in [9.17, 15) is 9.59 Å². The van der Waals surface area contributed by atoms with Gasteiger partial charge in [0.15, 0.2) is 0 Å². The van der Waals surface area contributed by atoms with E-state index in [0.717, 1.165) is 36.8 Å². The van der Waals surface area contributed by atoms with Gasteiger partial charge in [-0.05, 0) is 56.2 Å². The van der Waals surface area contributed by atoms with Gasteiger partial charge in [-0.1, -0.05) is 43.2 Å². The summed E-state index contributed by atoms with van der Waals surface area (Å²) >= 11 is 1.52. The number of fused-ring (bicyclic) bond motifs is 1. The Morgan fingerprint density at radius 1 is 1.25 bits per heavy atom. The number of carbonyl (C=O) groups excluding carboxylic acids is 2. The number of aryl methyl sites for hydroxylation is 1. The molecule has 1 heterocycles. The minimum Gasteiger partial charge on any atom is -0.462 e. The van der Waals surface area contributed by atoms with Gasteiger partial charge in [0, 0.05) is 11.0 Å². The van der Waals surface area contributed by atoms with E-state index < -0.39 is 0 Å². The molecule has 0 radical (unpaired) electrons. The Bertz CT molecular complexity index is 880. The number of benzene rings is 1. The van der Waals surface area contributed by atoms with Crippen LogP contribution >= 0.6 is 11.3 Å². The first-order valence-corrected chi connectivity index (χ1v) is 10.7. The number of hydrogen-bond donors (Lipinski definition) is 1. The van der Waals surface area contributed by atoms with Gasteiger partial charge in [0.2, 0.25) is 5.91 Å². The maximum atomic E-state index is 12.6. The van der Waals surface area contributed by atoms with E-state index in [4.69, 9.17) is 4.74 Å². The SMILES string of the molecule is CCOC(=O)c1c(NC(=O)C=Cc2ccc(C)cc2)sc2c1CCC(CC)C2. The highest BCUT2D eigenvalue weighted by atomic mass is 32.1. The zero-order chi connectivity index (χ0) is 20.1. The molecule has 0 spiro atoms. The van der Waals surface area contributed by atoms with E-state index >= 15 is 0 Å². The van der Waals surface area contributed by atoms with Crippen molar-refractivity contribution in [1.82, 2.24) is 0 Å². The lowest BCUT2D eigenvalue weighted by molar-refractivity contribution is -0.111. The van der Waals surface area contributed by atoms with Crippen LogP contribution in [-0.2, 0) is 22.4 Å². The van der Waals surface area contributed by atoms with Crippen LogP contribution in [0.4, 0.5) is 5.00 Å². The average Bonchev–Trinajstić information content (AvgIpc) is 3.04. The molecule has 1 aromatic carbocycles. The molecule has 1 aromatic heterocycles. The van der Waals surface area contributed by atoms with Gasteiger partial charge in [-0.3, -0.25) is 4.79 Å². The molecule has 0 saturated heterocycles. The van der Waals surface area contributed by atoms with Crippen LogP contribution in [0.2, 0.25) is 0 Å². The summed E-state index contributed by atoms with van der Waals surface area (Å²) in [7, 11) is 0. The molecule has 1 amide bonds. The molecule has 1 atom stereocenters. The van der Waals surface area contributed by atoms with E-state index in [1.165, 1.54) is 27.9 Å². The number of carbonyl (C=O) groups is 2. The average molecular weight is 398 g/mol. The first-order chi connectivity index (χ1) is 13.5. The standard InChI is InChI=1S/C23H27NO3S/c1-4-16-10-12-18-19(14-16)28-22(21(18)23(26)27-5-2)24-20(25)13-11-17-8-6-15(3)7-9-17/h6-9,11,13,16H,4-5,10,12,14H2,1-3H3,(H,24,25). The van der Waals surface area contributed by atoms with Gasteiger partial charge >= 0.3 is 5.97 Å². The Labute approximate surface area is 170 Å². The minimum atomic E-state index is -0.340. The van der Waals surface area contributed by atoms with Crippen LogP contribution in [0.25, 0.3) is 6.08 Å². The summed E-state index contributed by atoms with van der Waals surface area (Å²) in [5.74, 6) is 0.0655. The second kappa shape index (κ2) is 9.20. The topological polar surface area (TPSA) is 55.4 Å². The predicted octanol–water partition coefficient (Wildman–Crippen LogP) is 5.40. The molecular weight excluding hydrogens is 370 g/mol. The molecule has 1 aliphatic rings. The molecule has 0 fully saturated rings. The number of anilines is 1. The smallest absolute Gasteiger partial charge is 0.341 e. The quantitative estimate of drug-likeness (QED) is 0.524. The van der Waals surface area contributed by atoms with Gasteiger partial charge in [-0.2, -0.15) is 0 Å². The van der Waals surface area contributed by atoms with Crippen molar-refractivity contribution in [1.29, 1.82) is 0 Å². The molecule has 0 bridgehead atoms. The summed E-state index contributed by atoms with van der Waals surface area (Å²) in [5, 5.41) is 3.52. The number of rotatable bonds is 6. The number of nitrogens with one attached hydrogen (secondary N) is 1. The van der Waals surface area contributed by atoms with Crippen LogP contribution in [0.1, 0.15) is 58.6 Å². The summed E-state index contributed by atoms with van der Waals surface area (Å²) in [4.78, 5) is 26.2. The Balaban J connectivity index is 1.82. The monoisotopic (exact) mass is 397 g/mol. The van der Waals surface area contributed by atoms with E-state index in [1.54, 1.807) is 13.0 Å². The molecule has 1 N–H and O–H groups in total. The number of esters is 1. The van der Waals surface area contributed by atoms with Crippen LogP contribution in [-0.4, -0.2) is 18.5 Å². The lowest BCUT2D eigenvalue weighted by Gasteiger charge is -2.20. The van der Waals surface area contributed by atoms with Crippen molar-refractivity contribution in [2.24, 2.45) is 5.92 Å². The van der Waals surface area contributed by atoms with Gasteiger partial charge in [-0.25, -0.2) is 4.79 Å². The van der Waals surface area contributed by atoms with Crippen molar-refractivity contribution in [3.8, 4) is 0 Å². The highest BCUT2D eigenvalue weighted by Crippen LogP contribution is 2.40. The Morgan fingerprint density at radius 3 is 2.68 bits per heavy atom. The number of hydrogen-bond acceptors (Lipinski definition) is 4. The second-order valence-corrected chi connectivity index (χ2v) is 8.28. The molecule has 3 rings (SSSR count). The highest BCUT2D eigenvalue weighted by Gasteiger charge is 2.29. The number of amides is 1. The van der Waals surface area contributed by atoms with Crippen molar-refractivity contribution in [2.75, 3.05) is 11.9 Å². The molecule has 1 aliphatic carbocycles. The van der Waals surface area contributed by atoms with E-state index in [2.05, 4.69) is 12.2 Å². The molecular formula is C23H27NO3S. The fourth-order valence-corrected chi connectivity index (χ4v) is 4.87. The third-order valence-electron chi connectivity index (χ3n) is 5.17. The Hall–Kier alpha value is -2.40. The molecule has 0 saturated carbocycles. The Morgan fingerprint density at radius 2 is 2.00 bits per heavy atom. The third-order valence-corrected chi connectivity index (χ3v) is 6.34. The Kier molecular flexibility index (Phi) is 6.68. The van der Waals surface area contributed by atoms with Crippen molar-refractivity contribution in [3.63, 3.8) is 0 Å². The van der Waals surface area contributed by atoms with Crippen LogP contribution in [0.3, 0.4) is 0 Å². The van der Waals surface area contributed by atoms with E-state index in [0.29, 0.717) is 23.1 Å². The zero-order valence-corrected chi connectivity index (χ0v) is 17.5. The normalized spacial score (nSPS) is 16.0. The highest BCUT2D eigenvalue weighted by molar-refractivity contribution is 7.17. The van der Waals surface area contributed by atoms with Crippen LogP contribution in [0.15, 0.2) is 30.3 Å². The van der Waals surface area contributed by atoms with Crippen molar-refractivity contribution in [2.45, 2.75) is 46.5 Å². The minimum absolute atomic E-state index is 0.239. The maximum absolute atomic E-state index is 12.6. The second-order valence-electron chi connectivity index (χ2n) is 7.18. The van der Waals surface area contributed by atoms with Gasteiger partial charge < -0.3 is 10.1 Å². The fraction of sp³-hybridized carbons (Fsp3) is 0.391. The van der Waals surface area contributed by atoms with Gasteiger partial charge in [0.1, 0.15) is 5.00 Å². The molecule has 28 heavy (non-hydrogen) atoms. The first kappa shape index (κ1) is 20.3. The van der Waals surface area contributed by atoms with Crippen LogP contribution < -0.4 is 5.32 Å². The predicted molar refractivity (Wildman–Crippen MR) is 115 cm³/mol. The summed E-state index contributed by atoms with van der Waals surface area (Å²) < 4.78 is 5.27. The maximum Gasteiger partial charge on any atom is 0.341 e. The molecule has 2 aromatic rings. The van der Waals surface area contributed by atoms with E-state index in [1.807, 2.05) is 31.2 Å². The van der Waals surface area contributed by atoms with E-state index in [-0.39, 0.29) is 11.9 Å². The van der Waals surface area contributed by atoms with Gasteiger partial charge in [-0.15, -0.1) is 11.3 Å². The number of thiophene rings is 1. The molecule has 4 nitrogen and oxygen atoms in total. The number of ether oxygens (including phenoxy) is 1. The summed E-state index contributed by atoms with van der Waals surface area (Å²) in [6, 6.07) is 7.96. The summed E-state index contributed by atoms with van der Waals surface area (Å²) in [6.45, 7) is 6.35. The van der Waals surface area contributed by atoms with Crippen LogP contribution in [0, 0.1) is 12.8 Å². The summed E-state index contributed by atoms with van der Waals surface area (Å²) in [5.41, 5.74) is 3.75. The molecule has 0 aliphatic heterocycles. The van der Waals surface area contributed by atoms with Crippen molar-refractivity contribution >= 4 is 34.3 Å².